The van der Waals surface area contributed by atoms with Gasteiger partial charge < -0.3 is 5.32 Å². The Hall–Kier alpha value is -0.820. The first-order valence-corrected chi connectivity index (χ1v) is 7.82. The zero-order valence-corrected chi connectivity index (χ0v) is 13.0. The lowest BCUT2D eigenvalue weighted by molar-refractivity contribution is 0.237. The molecule has 1 nitrogen and oxygen atoms in total. The summed E-state index contributed by atoms with van der Waals surface area (Å²) in [4.78, 5) is 0. The minimum absolute atomic E-state index is 0.372. The van der Waals surface area contributed by atoms with E-state index in [-0.39, 0.29) is 0 Å². The van der Waals surface area contributed by atoms with Crippen molar-refractivity contribution in [2.24, 2.45) is 5.92 Å². The summed E-state index contributed by atoms with van der Waals surface area (Å²) in [6.07, 6.45) is 5.40. The SMILES string of the molecule is CNCC1(c2ccc(C(C)C)cc2)CCC(C)CC1. The number of benzene rings is 1. The van der Waals surface area contributed by atoms with E-state index in [9.17, 15) is 0 Å². The van der Waals surface area contributed by atoms with Gasteiger partial charge in [-0.1, -0.05) is 45.0 Å². The molecule has 1 fully saturated rings. The third kappa shape index (κ3) is 3.20. The minimum atomic E-state index is 0.372. The van der Waals surface area contributed by atoms with E-state index in [2.05, 4.69) is 57.4 Å². The molecule has 1 heteroatoms. The van der Waals surface area contributed by atoms with E-state index in [0.29, 0.717) is 11.3 Å². The first-order valence-electron chi connectivity index (χ1n) is 7.82. The lowest BCUT2D eigenvalue weighted by atomic mass is 9.67. The van der Waals surface area contributed by atoms with Gasteiger partial charge in [0.2, 0.25) is 0 Å². The Morgan fingerprint density at radius 2 is 1.74 bits per heavy atom. The van der Waals surface area contributed by atoms with Crippen LogP contribution in [0.2, 0.25) is 0 Å². The average molecular weight is 259 g/mol. The van der Waals surface area contributed by atoms with Crippen LogP contribution in [0.5, 0.6) is 0 Å². The summed E-state index contributed by atoms with van der Waals surface area (Å²) < 4.78 is 0. The maximum atomic E-state index is 3.43. The highest BCUT2D eigenvalue weighted by Crippen LogP contribution is 2.41. The predicted octanol–water partition coefficient (Wildman–Crippen LogP) is 4.48. The van der Waals surface area contributed by atoms with Crippen LogP contribution in [0.15, 0.2) is 24.3 Å². The number of rotatable bonds is 4. The molecule has 1 aromatic carbocycles. The van der Waals surface area contributed by atoms with Crippen molar-refractivity contribution in [2.75, 3.05) is 13.6 Å². The largest absolute Gasteiger partial charge is 0.319 e. The van der Waals surface area contributed by atoms with Gasteiger partial charge in [-0.15, -0.1) is 0 Å². The number of likely N-dealkylation sites (N-methyl/N-ethyl adjacent to an activating group) is 1. The topological polar surface area (TPSA) is 12.0 Å². The average Bonchev–Trinajstić information content (AvgIpc) is 2.42. The Morgan fingerprint density at radius 3 is 2.21 bits per heavy atom. The molecule has 0 spiro atoms. The lowest BCUT2D eigenvalue weighted by Crippen LogP contribution is -2.40. The summed E-state index contributed by atoms with van der Waals surface area (Å²) in [6.45, 7) is 8.03. The maximum Gasteiger partial charge on any atom is 0.00778 e. The monoisotopic (exact) mass is 259 g/mol. The number of nitrogens with one attached hydrogen (secondary N) is 1. The van der Waals surface area contributed by atoms with E-state index >= 15 is 0 Å². The summed E-state index contributed by atoms with van der Waals surface area (Å²) in [7, 11) is 2.09. The van der Waals surface area contributed by atoms with Crippen LogP contribution >= 0.6 is 0 Å². The summed E-state index contributed by atoms with van der Waals surface area (Å²) >= 11 is 0. The van der Waals surface area contributed by atoms with E-state index in [4.69, 9.17) is 0 Å². The molecule has 0 heterocycles. The Balaban J connectivity index is 2.23. The Kier molecular flexibility index (Phi) is 4.67. The molecule has 0 unspecified atom stereocenters. The molecule has 0 aliphatic heterocycles. The van der Waals surface area contributed by atoms with Crippen molar-refractivity contribution in [3.63, 3.8) is 0 Å². The molecule has 2 rings (SSSR count). The molecule has 0 aromatic heterocycles. The third-order valence-corrected chi connectivity index (χ3v) is 4.94. The highest BCUT2D eigenvalue weighted by Gasteiger charge is 2.35. The van der Waals surface area contributed by atoms with Crippen LogP contribution in [-0.4, -0.2) is 13.6 Å². The fraction of sp³-hybridized carbons (Fsp3) is 0.667. The van der Waals surface area contributed by atoms with Crippen molar-refractivity contribution < 1.29 is 0 Å². The second kappa shape index (κ2) is 6.09. The normalized spacial score (nSPS) is 27.7. The highest BCUT2D eigenvalue weighted by molar-refractivity contribution is 5.31. The van der Waals surface area contributed by atoms with Gasteiger partial charge in [0.05, 0.1) is 0 Å². The molecule has 1 saturated carbocycles. The molecular weight excluding hydrogens is 230 g/mol. The molecule has 0 saturated heterocycles. The molecular formula is C18H29N. The van der Waals surface area contributed by atoms with Gasteiger partial charge >= 0.3 is 0 Å². The molecule has 19 heavy (non-hydrogen) atoms. The van der Waals surface area contributed by atoms with Crippen molar-refractivity contribution in [3.05, 3.63) is 35.4 Å². The molecule has 0 atom stereocenters. The summed E-state index contributed by atoms with van der Waals surface area (Å²) in [5.74, 6) is 1.53. The van der Waals surface area contributed by atoms with Crippen molar-refractivity contribution >= 4 is 0 Å². The van der Waals surface area contributed by atoms with Crippen molar-refractivity contribution in [1.29, 1.82) is 0 Å². The first kappa shape index (κ1) is 14.6. The van der Waals surface area contributed by atoms with Crippen LogP contribution in [0, 0.1) is 5.92 Å². The van der Waals surface area contributed by atoms with Gasteiger partial charge in [0.25, 0.3) is 0 Å². The maximum absolute atomic E-state index is 3.43. The van der Waals surface area contributed by atoms with E-state index in [0.717, 1.165) is 12.5 Å². The van der Waals surface area contributed by atoms with Crippen LogP contribution in [-0.2, 0) is 5.41 Å². The fourth-order valence-corrected chi connectivity index (χ4v) is 3.44. The molecule has 0 radical (unpaired) electrons. The van der Waals surface area contributed by atoms with Crippen LogP contribution in [0.3, 0.4) is 0 Å². The van der Waals surface area contributed by atoms with E-state index in [1.807, 2.05) is 0 Å². The van der Waals surface area contributed by atoms with Gasteiger partial charge in [-0.25, -0.2) is 0 Å². The van der Waals surface area contributed by atoms with Crippen LogP contribution in [0.1, 0.15) is 63.5 Å². The summed E-state index contributed by atoms with van der Waals surface area (Å²) in [5.41, 5.74) is 3.36. The van der Waals surface area contributed by atoms with E-state index in [1.165, 1.54) is 36.8 Å². The quantitative estimate of drug-likeness (QED) is 0.841. The fourth-order valence-electron chi connectivity index (χ4n) is 3.44. The molecule has 1 N–H and O–H groups in total. The molecule has 1 aliphatic rings. The van der Waals surface area contributed by atoms with Gasteiger partial charge in [0, 0.05) is 12.0 Å². The van der Waals surface area contributed by atoms with Crippen LogP contribution in [0.4, 0.5) is 0 Å². The molecule has 1 aromatic rings. The van der Waals surface area contributed by atoms with Crippen molar-refractivity contribution in [1.82, 2.24) is 5.32 Å². The van der Waals surface area contributed by atoms with Crippen molar-refractivity contribution in [3.8, 4) is 0 Å². The first-order chi connectivity index (χ1) is 9.07. The second-order valence-electron chi connectivity index (χ2n) is 6.77. The molecule has 1 aliphatic carbocycles. The summed E-state index contributed by atoms with van der Waals surface area (Å²) in [6, 6.07) is 9.41. The highest BCUT2D eigenvalue weighted by atomic mass is 14.8. The minimum Gasteiger partial charge on any atom is -0.319 e. The zero-order chi connectivity index (χ0) is 13.9. The van der Waals surface area contributed by atoms with Crippen LogP contribution in [0.25, 0.3) is 0 Å². The van der Waals surface area contributed by atoms with Gasteiger partial charge in [-0.3, -0.25) is 0 Å². The molecule has 106 valence electrons. The van der Waals surface area contributed by atoms with Crippen LogP contribution < -0.4 is 5.32 Å². The van der Waals surface area contributed by atoms with Gasteiger partial charge in [-0.05, 0) is 55.7 Å². The van der Waals surface area contributed by atoms with E-state index < -0.39 is 0 Å². The number of hydrogen-bond acceptors (Lipinski definition) is 1. The summed E-state index contributed by atoms with van der Waals surface area (Å²) in [5, 5.41) is 3.43. The van der Waals surface area contributed by atoms with E-state index in [1.54, 1.807) is 0 Å². The smallest absolute Gasteiger partial charge is 0.00778 e. The van der Waals surface area contributed by atoms with Gasteiger partial charge in [-0.2, -0.15) is 0 Å². The number of hydrogen-bond donors (Lipinski definition) is 1. The second-order valence-corrected chi connectivity index (χ2v) is 6.77. The molecule has 0 bridgehead atoms. The predicted molar refractivity (Wildman–Crippen MR) is 83.8 cm³/mol. The third-order valence-electron chi connectivity index (χ3n) is 4.94. The van der Waals surface area contributed by atoms with Gasteiger partial charge in [0.15, 0.2) is 0 Å². The Bertz CT molecular complexity index is 383. The molecule has 0 amide bonds. The van der Waals surface area contributed by atoms with Crippen molar-refractivity contribution in [2.45, 2.75) is 57.8 Å². The zero-order valence-electron chi connectivity index (χ0n) is 13.0. The lowest BCUT2D eigenvalue weighted by Gasteiger charge is -2.40. The van der Waals surface area contributed by atoms with Gasteiger partial charge in [0.1, 0.15) is 0 Å². The standard InChI is InChI=1S/C18H29N/c1-14(2)16-5-7-17(8-6-16)18(13-19-4)11-9-15(3)10-12-18/h5-8,14-15,19H,9-13H2,1-4H3. The Morgan fingerprint density at radius 1 is 1.16 bits per heavy atom. The Labute approximate surface area is 118 Å².